The summed E-state index contributed by atoms with van der Waals surface area (Å²) in [4.78, 5) is 45.5. The number of hydrogen-bond donors (Lipinski definition) is 1. The summed E-state index contributed by atoms with van der Waals surface area (Å²) in [6.45, 7) is 6.23. The van der Waals surface area contributed by atoms with Gasteiger partial charge in [0.2, 0.25) is 5.91 Å². The maximum atomic E-state index is 12.7. The number of fused-ring (bicyclic) bond motifs is 1. The van der Waals surface area contributed by atoms with Gasteiger partial charge in [-0.05, 0) is 49.9 Å². The Morgan fingerprint density at radius 2 is 1.84 bits per heavy atom. The fourth-order valence-electron chi connectivity index (χ4n) is 3.81. The number of nitrogens with one attached hydrogen (secondary N) is 1. The molecule has 1 fully saturated rings. The van der Waals surface area contributed by atoms with Crippen LogP contribution in [0.2, 0.25) is 0 Å². The third-order valence-corrected chi connectivity index (χ3v) is 6.93. The Morgan fingerprint density at radius 3 is 2.55 bits per heavy atom. The minimum atomic E-state index is -0.137. The number of rotatable bonds is 6. The summed E-state index contributed by atoms with van der Waals surface area (Å²) in [5.74, 6) is -0.0670. The number of aromatic nitrogens is 2. The second kappa shape index (κ2) is 9.01. The molecule has 8 heteroatoms. The monoisotopic (exact) mass is 438 g/mol. The Labute approximate surface area is 184 Å². The van der Waals surface area contributed by atoms with E-state index < -0.39 is 0 Å². The number of carbonyl (C=O) groups is 2. The number of hydrogen-bond acceptors (Lipinski definition) is 5. The van der Waals surface area contributed by atoms with Gasteiger partial charge in [-0.1, -0.05) is 12.1 Å². The molecule has 1 saturated heterocycles. The molecule has 2 aromatic heterocycles. The molecule has 0 atom stereocenters. The number of thiophene rings is 1. The highest BCUT2D eigenvalue weighted by atomic mass is 32.1. The second-order valence-corrected chi connectivity index (χ2v) is 9.13. The smallest absolute Gasteiger partial charge is 0.262 e. The average molecular weight is 439 g/mol. The van der Waals surface area contributed by atoms with Gasteiger partial charge < -0.3 is 10.2 Å². The first-order valence-electron chi connectivity index (χ1n) is 10.5. The van der Waals surface area contributed by atoms with E-state index >= 15 is 0 Å². The standard InChI is InChI=1S/C23H26N4O3S/c1-15-16(2)31-21-20(15)23(30)27(14-25-21)12-9-19(28)24-13-17-5-7-18(8-6-17)22(29)26-10-3-4-11-26/h5-8,14H,3-4,9-13H2,1-2H3,(H,24,28). The lowest BCUT2D eigenvalue weighted by atomic mass is 10.1. The minimum Gasteiger partial charge on any atom is -0.352 e. The molecule has 3 heterocycles. The summed E-state index contributed by atoms with van der Waals surface area (Å²) in [6.07, 6.45) is 3.85. The zero-order chi connectivity index (χ0) is 22.0. The van der Waals surface area contributed by atoms with Crippen molar-refractivity contribution in [1.29, 1.82) is 0 Å². The van der Waals surface area contributed by atoms with Crippen LogP contribution >= 0.6 is 11.3 Å². The summed E-state index contributed by atoms with van der Waals surface area (Å²) in [6, 6.07) is 7.36. The van der Waals surface area contributed by atoms with Gasteiger partial charge in [0.15, 0.2) is 0 Å². The third-order valence-electron chi connectivity index (χ3n) is 5.82. The van der Waals surface area contributed by atoms with E-state index in [4.69, 9.17) is 0 Å². The molecular formula is C23H26N4O3S. The van der Waals surface area contributed by atoms with Crippen molar-refractivity contribution in [3.63, 3.8) is 0 Å². The summed E-state index contributed by atoms with van der Waals surface area (Å²) in [7, 11) is 0. The molecule has 1 N–H and O–H groups in total. The lowest BCUT2D eigenvalue weighted by Crippen LogP contribution is -2.28. The molecule has 2 amide bonds. The molecule has 0 aliphatic carbocycles. The molecule has 1 aliphatic rings. The Balaban J connectivity index is 1.31. The fourth-order valence-corrected chi connectivity index (χ4v) is 4.80. The molecule has 1 aromatic carbocycles. The third kappa shape index (κ3) is 4.54. The van der Waals surface area contributed by atoms with E-state index in [1.54, 1.807) is 0 Å². The molecule has 1 aliphatic heterocycles. The molecule has 0 unspecified atom stereocenters. The van der Waals surface area contributed by atoms with Crippen molar-refractivity contribution in [3.05, 3.63) is 62.5 Å². The molecular weight excluding hydrogens is 412 g/mol. The van der Waals surface area contributed by atoms with E-state index in [0.717, 1.165) is 46.8 Å². The van der Waals surface area contributed by atoms with Crippen molar-refractivity contribution in [2.24, 2.45) is 0 Å². The highest BCUT2D eigenvalue weighted by Crippen LogP contribution is 2.25. The van der Waals surface area contributed by atoms with Gasteiger partial charge in [0.05, 0.1) is 11.7 Å². The van der Waals surface area contributed by atoms with Gasteiger partial charge >= 0.3 is 0 Å². The molecule has 31 heavy (non-hydrogen) atoms. The first kappa shape index (κ1) is 21.2. The molecule has 0 spiro atoms. The zero-order valence-corrected chi connectivity index (χ0v) is 18.6. The van der Waals surface area contributed by atoms with Crippen LogP contribution in [-0.4, -0.2) is 39.4 Å². The Bertz CT molecular complexity index is 1170. The van der Waals surface area contributed by atoms with Crippen LogP contribution < -0.4 is 10.9 Å². The summed E-state index contributed by atoms with van der Waals surface area (Å²) < 4.78 is 1.50. The Kier molecular flexibility index (Phi) is 6.18. The van der Waals surface area contributed by atoms with E-state index in [1.807, 2.05) is 43.0 Å². The van der Waals surface area contributed by atoms with E-state index in [-0.39, 0.29) is 30.3 Å². The molecule has 0 bridgehead atoms. The molecule has 0 saturated carbocycles. The first-order chi connectivity index (χ1) is 14.9. The topological polar surface area (TPSA) is 84.3 Å². The molecule has 3 aromatic rings. The maximum absolute atomic E-state index is 12.7. The van der Waals surface area contributed by atoms with Gasteiger partial charge in [-0.3, -0.25) is 19.0 Å². The van der Waals surface area contributed by atoms with E-state index in [9.17, 15) is 14.4 Å². The summed E-state index contributed by atoms with van der Waals surface area (Å²) in [5, 5.41) is 3.52. The number of likely N-dealkylation sites (tertiary alicyclic amines) is 1. The molecule has 4 rings (SSSR count). The molecule has 162 valence electrons. The lowest BCUT2D eigenvalue weighted by Gasteiger charge is -2.15. The second-order valence-electron chi connectivity index (χ2n) is 7.93. The van der Waals surface area contributed by atoms with E-state index in [1.165, 1.54) is 22.2 Å². The minimum absolute atomic E-state index is 0.0696. The quantitative estimate of drug-likeness (QED) is 0.641. The van der Waals surface area contributed by atoms with Gasteiger partial charge in [0.1, 0.15) is 4.83 Å². The van der Waals surface area contributed by atoms with Gasteiger partial charge in [-0.15, -0.1) is 11.3 Å². The van der Waals surface area contributed by atoms with E-state index in [0.29, 0.717) is 17.5 Å². The Morgan fingerprint density at radius 1 is 1.13 bits per heavy atom. The van der Waals surface area contributed by atoms with Crippen molar-refractivity contribution >= 4 is 33.4 Å². The van der Waals surface area contributed by atoms with Crippen LogP contribution in [-0.2, 0) is 17.9 Å². The van der Waals surface area contributed by atoms with Crippen LogP contribution in [0.15, 0.2) is 35.4 Å². The maximum Gasteiger partial charge on any atom is 0.262 e. The SMILES string of the molecule is Cc1sc2ncn(CCC(=O)NCc3ccc(C(=O)N4CCCC4)cc3)c(=O)c2c1C. The van der Waals surface area contributed by atoms with Crippen molar-refractivity contribution in [3.8, 4) is 0 Å². The number of amides is 2. The summed E-state index contributed by atoms with van der Waals surface area (Å²) in [5.41, 5.74) is 2.47. The predicted octanol–water partition coefficient (Wildman–Crippen LogP) is 3.02. The predicted molar refractivity (Wildman–Crippen MR) is 121 cm³/mol. The van der Waals surface area contributed by atoms with Crippen LogP contribution in [0.3, 0.4) is 0 Å². The molecule has 0 radical (unpaired) electrons. The normalized spacial score (nSPS) is 13.7. The lowest BCUT2D eigenvalue weighted by molar-refractivity contribution is -0.121. The Hall–Kier alpha value is -3.00. The fraction of sp³-hybridized carbons (Fsp3) is 0.391. The van der Waals surface area contributed by atoms with Crippen molar-refractivity contribution in [2.45, 2.75) is 46.2 Å². The van der Waals surface area contributed by atoms with E-state index in [2.05, 4.69) is 10.3 Å². The molecule has 7 nitrogen and oxygen atoms in total. The number of carbonyl (C=O) groups excluding carboxylic acids is 2. The largest absolute Gasteiger partial charge is 0.352 e. The number of nitrogens with zero attached hydrogens (tertiary/aromatic N) is 3. The van der Waals surface area contributed by atoms with Crippen LogP contribution in [0.1, 0.15) is 45.6 Å². The van der Waals surface area contributed by atoms with Crippen LogP contribution in [0.5, 0.6) is 0 Å². The zero-order valence-electron chi connectivity index (χ0n) is 17.8. The van der Waals surface area contributed by atoms with Crippen molar-refractivity contribution < 1.29 is 9.59 Å². The number of benzene rings is 1. The highest BCUT2D eigenvalue weighted by Gasteiger charge is 2.19. The van der Waals surface area contributed by atoms with Crippen LogP contribution in [0, 0.1) is 13.8 Å². The van der Waals surface area contributed by atoms with Gasteiger partial charge in [0, 0.05) is 43.0 Å². The van der Waals surface area contributed by atoms with Gasteiger partial charge in [-0.25, -0.2) is 4.98 Å². The number of aryl methyl sites for hydroxylation is 3. The van der Waals surface area contributed by atoms with Gasteiger partial charge in [0.25, 0.3) is 11.5 Å². The average Bonchev–Trinajstić information content (AvgIpc) is 3.41. The van der Waals surface area contributed by atoms with Crippen molar-refractivity contribution in [1.82, 2.24) is 19.8 Å². The van der Waals surface area contributed by atoms with Crippen molar-refractivity contribution in [2.75, 3.05) is 13.1 Å². The van der Waals surface area contributed by atoms with Gasteiger partial charge in [-0.2, -0.15) is 0 Å². The first-order valence-corrected chi connectivity index (χ1v) is 11.4. The van der Waals surface area contributed by atoms with Crippen LogP contribution in [0.4, 0.5) is 0 Å². The highest BCUT2D eigenvalue weighted by molar-refractivity contribution is 7.18. The van der Waals surface area contributed by atoms with Crippen LogP contribution in [0.25, 0.3) is 10.2 Å². The summed E-state index contributed by atoms with van der Waals surface area (Å²) >= 11 is 1.51.